The van der Waals surface area contributed by atoms with Crippen molar-refractivity contribution in [1.82, 2.24) is 9.99 Å². The number of rotatable bonds is 6. The van der Waals surface area contributed by atoms with E-state index in [1.54, 1.807) is 12.1 Å². The third-order valence-electron chi connectivity index (χ3n) is 5.83. The number of anilines is 1. The molecule has 7 nitrogen and oxygen atoms in total. The molecule has 1 amide bonds. The van der Waals surface area contributed by atoms with Crippen LogP contribution < -0.4 is 10.3 Å². The number of ether oxygens (including phenoxy) is 1. The van der Waals surface area contributed by atoms with Crippen LogP contribution >= 0.6 is 0 Å². The Morgan fingerprint density at radius 3 is 2.47 bits per heavy atom. The van der Waals surface area contributed by atoms with E-state index in [-0.39, 0.29) is 5.91 Å². The molecule has 4 aromatic rings. The second-order valence-corrected chi connectivity index (χ2v) is 8.08. The Labute approximate surface area is 198 Å². The van der Waals surface area contributed by atoms with Crippen LogP contribution in [0.2, 0.25) is 0 Å². The highest BCUT2D eigenvalue weighted by atomic mass is 16.5. The average molecular weight is 455 g/mol. The number of furan rings is 1. The van der Waals surface area contributed by atoms with Crippen molar-refractivity contribution in [2.24, 2.45) is 5.10 Å². The van der Waals surface area contributed by atoms with E-state index in [1.165, 1.54) is 6.21 Å². The van der Waals surface area contributed by atoms with E-state index in [9.17, 15) is 4.79 Å². The molecule has 0 spiro atoms. The first kappa shape index (κ1) is 21.7. The molecule has 34 heavy (non-hydrogen) atoms. The maximum Gasteiger partial charge on any atom is 0.271 e. The predicted molar refractivity (Wildman–Crippen MR) is 133 cm³/mol. The fraction of sp³-hybridized carbons (Fsp3) is 0.185. The second-order valence-electron chi connectivity index (χ2n) is 8.08. The van der Waals surface area contributed by atoms with Gasteiger partial charge in [-0.1, -0.05) is 30.3 Å². The van der Waals surface area contributed by atoms with Crippen molar-refractivity contribution in [3.05, 3.63) is 95.9 Å². The SMILES string of the molecule is Cc1ccc(-c2ccccc2)n1-c1ccc(C(=O)NN=Cc2ccc(N3CCOCC3)o2)cc1. The summed E-state index contributed by atoms with van der Waals surface area (Å²) < 4.78 is 13.3. The second kappa shape index (κ2) is 9.80. The number of carbonyl (C=O) groups excluding carboxylic acids is 1. The third kappa shape index (κ3) is 4.65. The normalized spacial score (nSPS) is 14.0. The smallest absolute Gasteiger partial charge is 0.271 e. The number of carbonyl (C=O) groups is 1. The van der Waals surface area contributed by atoms with Crippen LogP contribution in [0.3, 0.4) is 0 Å². The molecule has 0 atom stereocenters. The van der Waals surface area contributed by atoms with Gasteiger partial charge in [-0.3, -0.25) is 4.79 Å². The molecular weight excluding hydrogens is 428 g/mol. The van der Waals surface area contributed by atoms with Crippen molar-refractivity contribution >= 4 is 18.0 Å². The Balaban J connectivity index is 1.25. The summed E-state index contributed by atoms with van der Waals surface area (Å²) in [5.74, 6) is 1.07. The van der Waals surface area contributed by atoms with Crippen molar-refractivity contribution in [1.29, 1.82) is 0 Å². The van der Waals surface area contributed by atoms with Crippen molar-refractivity contribution in [2.75, 3.05) is 31.2 Å². The number of hydrogen-bond donors (Lipinski definition) is 1. The van der Waals surface area contributed by atoms with Crippen molar-refractivity contribution in [3.8, 4) is 16.9 Å². The summed E-state index contributed by atoms with van der Waals surface area (Å²) in [6, 6.07) is 25.7. The molecule has 5 rings (SSSR count). The molecule has 1 saturated heterocycles. The largest absolute Gasteiger partial charge is 0.440 e. The van der Waals surface area contributed by atoms with Gasteiger partial charge < -0.3 is 18.6 Å². The minimum Gasteiger partial charge on any atom is -0.440 e. The molecular formula is C27H26N4O3. The van der Waals surface area contributed by atoms with Crippen LogP contribution in [0.1, 0.15) is 21.8 Å². The predicted octanol–water partition coefficient (Wildman–Crippen LogP) is 4.65. The van der Waals surface area contributed by atoms with Gasteiger partial charge in [-0.2, -0.15) is 5.10 Å². The molecule has 0 aliphatic carbocycles. The minimum atomic E-state index is -0.282. The molecule has 1 N–H and O–H groups in total. The maximum atomic E-state index is 12.6. The Morgan fingerprint density at radius 2 is 1.71 bits per heavy atom. The number of aromatic nitrogens is 1. The topological polar surface area (TPSA) is 72.0 Å². The van der Waals surface area contributed by atoms with Crippen LogP contribution in [0.25, 0.3) is 16.9 Å². The summed E-state index contributed by atoms with van der Waals surface area (Å²) >= 11 is 0. The Kier molecular flexibility index (Phi) is 6.27. The van der Waals surface area contributed by atoms with Gasteiger partial charge in [-0.05, 0) is 55.0 Å². The van der Waals surface area contributed by atoms with E-state index in [2.05, 4.69) is 51.2 Å². The van der Waals surface area contributed by atoms with Crippen LogP contribution in [-0.4, -0.2) is 43.0 Å². The first-order valence-corrected chi connectivity index (χ1v) is 11.3. The van der Waals surface area contributed by atoms with Crippen molar-refractivity contribution in [3.63, 3.8) is 0 Å². The van der Waals surface area contributed by atoms with Gasteiger partial charge in [0.15, 0.2) is 5.88 Å². The standard InChI is InChI=1S/C27H26N4O3/c1-20-7-13-25(21-5-3-2-4-6-21)31(20)23-10-8-22(9-11-23)27(32)29-28-19-24-12-14-26(34-24)30-15-17-33-18-16-30/h2-14,19H,15-18H2,1H3,(H,29,32). The van der Waals surface area contributed by atoms with Crippen LogP contribution in [-0.2, 0) is 4.74 Å². The maximum absolute atomic E-state index is 12.6. The molecule has 7 heteroatoms. The Morgan fingerprint density at radius 1 is 0.941 bits per heavy atom. The molecule has 0 radical (unpaired) electrons. The van der Waals surface area contributed by atoms with Gasteiger partial charge in [0.05, 0.1) is 25.1 Å². The molecule has 2 aromatic heterocycles. The lowest BCUT2D eigenvalue weighted by atomic mass is 10.1. The molecule has 1 aliphatic heterocycles. The number of nitrogens with one attached hydrogen (secondary N) is 1. The van der Waals surface area contributed by atoms with Gasteiger partial charge in [0, 0.05) is 36.1 Å². The van der Waals surface area contributed by atoms with Gasteiger partial charge in [0.1, 0.15) is 5.76 Å². The van der Waals surface area contributed by atoms with E-state index in [0.29, 0.717) is 24.5 Å². The molecule has 172 valence electrons. The lowest BCUT2D eigenvalue weighted by Gasteiger charge is -2.26. The molecule has 0 bridgehead atoms. The summed E-state index contributed by atoms with van der Waals surface area (Å²) in [5.41, 5.74) is 7.46. The average Bonchev–Trinajstić information content (AvgIpc) is 3.52. The van der Waals surface area contributed by atoms with Crippen LogP contribution in [0.4, 0.5) is 5.88 Å². The van der Waals surface area contributed by atoms with Gasteiger partial charge in [0.25, 0.3) is 5.91 Å². The summed E-state index contributed by atoms with van der Waals surface area (Å²) in [6.07, 6.45) is 1.51. The van der Waals surface area contributed by atoms with Gasteiger partial charge in [-0.15, -0.1) is 0 Å². The highest BCUT2D eigenvalue weighted by Crippen LogP contribution is 2.26. The van der Waals surface area contributed by atoms with E-state index < -0.39 is 0 Å². The lowest BCUT2D eigenvalue weighted by molar-refractivity contribution is 0.0955. The lowest BCUT2D eigenvalue weighted by Crippen LogP contribution is -2.35. The number of hydrogen-bond acceptors (Lipinski definition) is 5. The fourth-order valence-electron chi connectivity index (χ4n) is 4.06. The quantitative estimate of drug-likeness (QED) is 0.340. The van der Waals surface area contributed by atoms with Gasteiger partial charge in [-0.25, -0.2) is 5.43 Å². The zero-order valence-corrected chi connectivity index (χ0v) is 19.0. The summed E-state index contributed by atoms with van der Waals surface area (Å²) in [6.45, 7) is 5.05. The molecule has 0 unspecified atom stereocenters. The zero-order valence-electron chi connectivity index (χ0n) is 19.0. The number of aryl methyl sites for hydroxylation is 1. The van der Waals surface area contributed by atoms with Gasteiger partial charge >= 0.3 is 0 Å². The first-order valence-electron chi connectivity index (χ1n) is 11.3. The number of hydrazone groups is 1. The molecule has 1 aliphatic rings. The van der Waals surface area contributed by atoms with Crippen molar-refractivity contribution < 1.29 is 13.9 Å². The Hall–Kier alpha value is -4.10. The number of morpholine rings is 1. The van der Waals surface area contributed by atoms with Gasteiger partial charge in [0.2, 0.25) is 0 Å². The fourth-order valence-corrected chi connectivity index (χ4v) is 4.06. The highest BCUT2D eigenvalue weighted by molar-refractivity contribution is 5.95. The monoisotopic (exact) mass is 454 g/mol. The minimum absolute atomic E-state index is 0.282. The third-order valence-corrected chi connectivity index (χ3v) is 5.83. The number of amides is 1. The number of nitrogens with zero attached hydrogens (tertiary/aromatic N) is 3. The highest BCUT2D eigenvalue weighted by Gasteiger charge is 2.14. The molecule has 0 saturated carbocycles. The molecule has 3 heterocycles. The van der Waals surface area contributed by atoms with E-state index in [0.717, 1.165) is 41.6 Å². The van der Waals surface area contributed by atoms with E-state index in [4.69, 9.17) is 9.15 Å². The molecule has 2 aromatic carbocycles. The summed E-state index contributed by atoms with van der Waals surface area (Å²) in [4.78, 5) is 14.7. The van der Waals surface area contributed by atoms with Crippen LogP contribution in [0.15, 0.2) is 88.4 Å². The van der Waals surface area contributed by atoms with Crippen LogP contribution in [0.5, 0.6) is 0 Å². The van der Waals surface area contributed by atoms with E-state index >= 15 is 0 Å². The number of benzene rings is 2. The van der Waals surface area contributed by atoms with Crippen molar-refractivity contribution in [2.45, 2.75) is 6.92 Å². The zero-order chi connectivity index (χ0) is 23.3. The van der Waals surface area contributed by atoms with Crippen LogP contribution in [0, 0.1) is 6.92 Å². The first-order chi connectivity index (χ1) is 16.7. The summed E-state index contributed by atoms with van der Waals surface area (Å²) in [7, 11) is 0. The Bertz CT molecular complexity index is 1280. The molecule has 1 fully saturated rings. The summed E-state index contributed by atoms with van der Waals surface area (Å²) in [5, 5.41) is 4.05. The van der Waals surface area contributed by atoms with E-state index in [1.807, 2.05) is 42.5 Å².